The van der Waals surface area contributed by atoms with Gasteiger partial charge in [0.15, 0.2) is 0 Å². The maximum absolute atomic E-state index is 9.41. The van der Waals surface area contributed by atoms with Crippen molar-refractivity contribution in [1.29, 1.82) is 0 Å². The normalized spacial score (nSPS) is 9.79. The van der Waals surface area contributed by atoms with Gasteiger partial charge in [0.1, 0.15) is 0 Å². The van der Waals surface area contributed by atoms with Gasteiger partial charge in [-0.05, 0) is 12.2 Å². The van der Waals surface area contributed by atoms with Crippen LogP contribution in [0, 0.1) is 0 Å². The maximum Gasteiger partial charge on any atom is 0.0643 e. The van der Waals surface area contributed by atoms with Crippen molar-refractivity contribution in [3.05, 3.63) is 12.2 Å². The van der Waals surface area contributed by atoms with Crippen molar-refractivity contribution in [2.45, 2.75) is 107 Å². The summed E-state index contributed by atoms with van der Waals surface area (Å²) in [5.41, 5.74) is 0. The van der Waals surface area contributed by atoms with E-state index in [9.17, 15) is 19.8 Å². The van der Waals surface area contributed by atoms with Crippen LogP contribution in [-0.2, 0) is 9.59 Å². The number of rotatable bonds is 14. The summed E-state index contributed by atoms with van der Waals surface area (Å²) in [6.45, 7) is 14.0. The van der Waals surface area contributed by atoms with Crippen molar-refractivity contribution >= 4 is 51.5 Å². The summed E-state index contributed by atoms with van der Waals surface area (Å²) < 4.78 is 9.86. The molecule has 0 aromatic rings. The first-order chi connectivity index (χ1) is 13.3. The molecule has 0 saturated carbocycles. The Morgan fingerprint density at radius 1 is 0.536 bits per heavy atom. The van der Waals surface area contributed by atoms with Gasteiger partial charge in [-0.1, -0.05) is 0 Å². The number of carbonyl (C=O) groups is 2. The second-order valence-electron chi connectivity index (χ2n) is 6.97. The van der Waals surface area contributed by atoms with Crippen LogP contribution in [0.1, 0.15) is 80.1 Å². The van der Waals surface area contributed by atoms with Crippen LogP contribution in [0.3, 0.4) is 0 Å². The SMILES string of the molecule is CC[CH2][Sn+]([CH2]CC)[CH2]CC.CC[CH2][Sn+]([CH2]CC)[CH2]CC.O=C([O-])C=CC(=O)[O-]. The van der Waals surface area contributed by atoms with Crippen molar-refractivity contribution in [2.24, 2.45) is 0 Å². The van der Waals surface area contributed by atoms with Gasteiger partial charge in [-0.25, -0.2) is 0 Å². The number of hydrogen-bond donors (Lipinski definition) is 0. The molecule has 0 aliphatic carbocycles. The zero-order chi connectivity index (χ0) is 22.2. The third kappa shape index (κ3) is 31.0. The summed E-state index contributed by atoms with van der Waals surface area (Å²) in [5.74, 6) is -3.09. The molecule has 0 aromatic carbocycles. The van der Waals surface area contributed by atoms with Crippen molar-refractivity contribution < 1.29 is 19.8 Å². The van der Waals surface area contributed by atoms with Crippen LogP contribution in [0.25, 0.3) is 0 Å². The molecule has 0 heterocycles. The standard InChI is InChI=1S/C4H4O4.6C3H7.2Sn/c5-3(6)1-2-4(7)8;6*1-3-2;;/h1-2H,(H,5,6)(H,7,8);6*1,3H2,2H3;;/q;;;;;;;2*+1/p-2. The van der Waals surface area contributed by atoms with E-state index in [1.165, 1.54) is 38.5 Å². The molecular formula is C22H44O4Sn2. The summed E-state index contributed by atoms with van der Waals surface area (Å²) in [7, 11) is 0. The Morgan fingerprint density at radius 3 is 0.821 bits per heavy atom. The van der Waals surface area contributed by atoms with Gasteiger partial charge in [-0.15, -0.1) is 0 Å². The van der Waals surface area contributed by atoms with Crippen LogP contribution in [-0.4, -0.2) is 51.5 Å². The Labute approximate surface area is 189 Å². The van der Waals surface area contributed by atoms with Crippen LogP contribution in [0.4, 0.5) is 0 Å². The van der Waals surface area contributed by atoms with Crippen LogP contribution < -0.4 is 10.2 Å². The molecule has 0 radical (unpaired) electrons. The first-order valence-corrected chi connectivity index (χ1v) is 23.2. The fraction of sp³-hybridized carbons (Fsp3) is 0.818. The van der Waals surface area contributed by atoms with E-state index in [4.69, 9.17) is 0 Å². The quantitative estimate of drug-likeness (QED) is 0.215. The largest absolute Gasteiger partial charge is 0.545 e. The molecule has 0 amide bonds. The molecule has 6 heteroatoms. The van der Waals surface area contributed by atoms with Gasteiger partial charge in [0, 0.05) is 0 Å². The zero-order valence-electron chi connectivity index (χ0n) is 19.3. The van der Waals surface area contributed by atoms with Crippen molar-refractivity contribution in [3.63, 3.8) is 0 Å². The predicted molar refractivity (Wildman–Crippen MR) is 121 cm³/mol. The number of carboxylic acid groups (broad SMARTS) is 2. The van der Waals surface area contributed by atoms with E-state index in [0.717, 1.165) is 0 Å². The third-order valence-electron chi connectivity index (χ3n) is 3.98. The zero-order valence-corrected chi connectivity index (χ0v) is 25.0. The Balaban J connectivity index is -0.000000337. The molecule has 28 heavy (non-hydrogen) atoms. The Kier molecular flexibility index (Phi) is 32.1. The Morgan fingerprint density at radius 2 is 0.714 bits per heavy atom. The summed E-state index contributed by atoms with van der Waals surface area (Å²) in [6, 6.07) is 0. The summed E-state index contributed by atoms with van der Waals surface area (Å²) in [4.78, 5) is 18.8. The summed E-state index contributed by atoms with van der Waals surface area (Å²) >= 11 is -1.52. The van der Waals surface area contributed by atoms with Crippen molar-refractivity contribution in [3.8, 4) is 0 Å². The number of carboxylic acids is 2. The Hall–Kier alpha value is 0.277. The van der Waals surface area contributed by atoms with Crippen LogP contribution in [0.2, 0.25) is 26.6 Å². The monoisotopic (exact) mass is 612 g/mol. The minimum Gasteiger partial charge on any atom is -0.545 e. The van der Waals surface area contributed by atoms with Gasteiger partial charge in [0.2, 0.25) is 0 Å². The van der Waals surface area contributed by atoms with E-state index in [1.807, 2.05) is 0 Å². The molecule has 0 saturated heterocycles. The number of hydrogen-bond acceptors (Lipinski definition) is 4. The summed E-state index contributed by atoms with van der Waals surface area (Å²) in [5, 5.41) is 18.8. The van der Waals surface area contributed by atoms with Gasteiger partial charge in [-0.3, -0.25) is 0 Å². The van der Waals surface area contributed by atoms with E-state index in [0.29, 0.717) is 12.2 Å². The van der Waals surface area contributed by atoms with Crippen molar-refractivity contribution in [2.75, 3.05) is 0 Å². The van der Waals surface area contributed by atoms with Crippen molar-refractivity contribution in [1.82, 2.24) is 0 Å². The molecule has 0 atom stereocenters. The average molecular weight is 610 g/mol. The molecule has 0 unspecified atom stereocenters. The fourth-order valence-corrected chi connectivity index (χ4v) is 19.4. The topological polar surface area (TPSA) is 80.3 Å². The Bertz CT molecular complexity index is 311. The van der Waals surface area contributed by atoms with Crippen LogP contribution in [0.15, 0.2) is 12.2 Å². The molecule has 164 valence electrons. The molecule has 4 nitrogen and oxygen atoms in total. The van der Waals surface area contributed by atoms with Gasteiger partial charge in [0.05, 0.1) is 11.9 Å². The van der Waals surface area contributed by atoms with Gasteiger partial charge in [-0.2, -0.15) is 0 Å². The first-order valence-electron chi connectivity index (χ1n) is 11.1. The molecule has 0 aliphatic heterocycles. The maximum atomic E-state index is 9.41. The van der Waals surface area contributed by atoms with Crippen LogP contribution in [0.5, 0.6) is 0 Å². The molecular weight excluding hydrogens is 566 g/mol. The molecule has 0 fully saturated rings. The smallest absolute Gasteiger partial charge is 0.0643 e. The van der Waals surface area contributed by atoms with E-state index < -0.39 is 51.5 Å². The minimum atomic E-state index is -1.55. The summed E-state index contributed by atoms with van der Waals surface area (Å²) in [6.07, 6.45) is 9.49. The second-order valence-corrected chi connectivity index (χ2v) is 24.1. The molecule has 0 N–H and O–H groups in total. The fourth-order valence-electron chi connectivity index (χ4n) is 3.01. The molecule has 0 bridgehead atoms. The van der Waals surface area contributed by atoms with E-state index in [1.54, 1.807) is 26.6 Å². The first kappa shape index (κ1) is 32.9. The number of aliphatic carboxylic acids is 2. The van der Waals surface area contributed by atoms with E-state index >= 15 is 0 Å². The average Bonchev–Trinajstić information content (AvgIpc) is 2.62. The van der Waals surface area contributed by atoms with Gasteiger partial charge < -0.3 is 19.8 Å². The minimum absolute atomic E-state index is 0.384. The second kappa shape index (κ2) is 27.3. The predicted octanol–water partition coefficient (Wildman–Crippen LogP) is 4.46. The van der Waals surface area contributed by atoms with Crippen LogP contribution >= 0.6 is 0 Å². The van der Waals surface area contributed by atoms with Gasteiger partial charge >= 0.3 is 146 Å². The number of carbonyl (C=O) groups excluding carboxylic acids is 2. The van der Waals surface area contributed by atoms with E-state index in [2.05, 4.69) is 41.5 Å². The molecule has 0 spiro atoms. The van der Waals surface area contributed by atoms with E-state index in [-0.39, 0.29) is 0 Å². The molecule has 0 rings (SSSR count). The molecule has 0 aliphatic rings. The van der Waals surface area contributed by atoms with Gasteiger partial charge in [0.25, 0.3) is 0 Å². The third-order valence-corrected chi connectivity index (χ3v) is 24.6. The molecule has 0 aromatic heterocycles.